The molecule has 220 valence electrons. The minimum Gasteiger partial charge on any atom is -0.293 e. The van der Waals surface area contributed by atoms with Gasteiger partial charge in [0.15, 0.2) is 11.7 Å². The Kier molecular flexibility index (Phi) is 5.55. The predicted molar refractivity (Wildman–Crippen MR) is 186 cm³/mol. The van der Waals surface area contributed by atoms with Crippen molar-refractivity contribution in [3.05, 3.63) is 126 Å². The number of nitrogens with zero attached hydrogens (tertiary/aromatic N) is 3. The summed E-state index contributed by atoms with van der Waals surface area (Å²) in [6, 6.07) is 36.6. The van der Waals surface area contributed by atoms with Crippen LogP contribution in [0.3, 0.4) is 0 Å². The average molecular weight is 585 g/mol. The van der Waals surface area contributed by atoms with E-state index in [0.717, 1.165) is 31.3 Å². The van der Waals surface area contributed by atoms with Crippen LogP contribution in [0.1, 0.15) is 63.6 Å². The third-order valence-corrected chi connectivity index (χ3v) is 11.4. The summed E-state index contributed by atoms with van der Waals surface area (Å²) >= 11 is 0. The summed E-state index contributed by atoms with van der Waals surface area (Å²) in [4.78, 5) is 4.93. The fourth-order valence-corrected chi connectivity index (χ4v) is 8.71. The molecule has 2 aliphatic rings. The molecule has 7 aromatic rings. The van der Waals surface area contributed by atoms with Gasteiger partial charge in [-0.15, -0.1) is 0 Å². The number of benzene rings is 4. The zero-order chi connectivity index (χ0) is 30.5. The first-order chi connectivity index (χ1) is 21.9. The first kappa shape index (κ1) is 26.6. The van der Waals surface area contributed by atoms with Crippen molar-refractivity contribution in [2.24, 2.45) is 0 Å². The first-order valence-corrected chi connectivity index (χ1v) is 16.6. The number of aryl methyl sites for hydroxylation is 1. The molecule has 45 heavy (non-hydrogen) atoms. The molecule has 0 fully saturated rings. The highest BCUT2D eigenvalue weighted by atomic mass is 15.1. The van der Waals surface area contributed by atoms with Crippen molar-refractivity contribution in [2.45, 2.75) is 64.3 Å². The van der Waals surface area contributed by atoms with Crippen LogP contribution in [0.25, 0.3) is 60.8 Å². The Bertz CT molecular complexity index is 2330. The van der Waals surface area contributed by atoms with Crippen molar-refractivity contribution in [1.29, 1.82) is 0 Å². The van der Waals surface area contributed by atoms with E-state index in [2.05, 4.69) is 140 Å². The number of aromatic nitrogens is 3. The summed E-state index contributed by atoms with van der Waals surface area (Å²) in [6.07, 6.45) is 8.76. The maximum Gasteiger partial charge on any atom is 0.221 e. The van der Waals surface area contributed by atoms with Gasteiger partial charge in [0.05, 0.1) is 22.2 Å². The van der Waals surface area contributed by atoms with Crippen LogP contribution in [0, 0.1) is 0 Å². The van der Waals surface area contributed by atoms with Gasteiger partial charge in [0.25, 0.3) is 0 Å². The van der Waals surface area contributed by atoms with Gasteiger partial charge in [0.2, 0.25) is 5.69 Å². The molecule has 0 bridgehead atoms. The van der Waals surface area contributed by atoms with Gasteiger partial charge in [0, 0.05) is 47.7 Å². The molecule has 0 radical (unpaired) electrons. The summed E-state index contributed by atoms with van der Waals surface area (Å²) in [5.74, 6) is 0. The summed E-state index contributed by atoms with van der Waals surface area (Å²) in [5, 5.41) is 5.12. The number of hydrogen-bond donors (Lipinski definition) is 0. The number of hydrogen-bond acceptors (Lipinski definition) is 1. The van der Waals surface area contributed by atoms with Crippen molar-refractivity contribution in [2.75, 3.05) is 0 Å². The van der Waals surface area contributed by atoms with E-state index in [1.165, 1.54) is 71.8 Å². The Morgan fingerprint density at radius 2 is 1.56 bits per heavy atom. The van der Waals surface area contributed by atoms with Crippen molar-refractivity contribution < 1.29 is 4.57 Å². The topological polar surface area (TPSA) is 21.7 Å². The van der Waals surface area contributed by atoms with E-state index in [-0.39, 0.29) is 11.0 Å². The molecule has 9 rings (SSSR count). The SMILES string of the molecule is CCC1(CC)CCc2ccc(-c3cc4c5c(c3)c3cccnc3n5-c3ccccc3C4(C)C)cc2-c2c3ccccc3cc[n+]21. The molecule has 0 spiro atoms. The van der Waals surface area contributed by atoms with Crippen molar-refractivity contribution in [3.8, 4) is 28.1 Å². The second kappa shape index (κ2) is 9.37. The fourth-order valence-electron chi connectivity index (χ4n) is 8.71. The van der Waals surface area contributed by atoms with E-state index in [0.29, 0.717) is 0 Å². The molecule has 0 saturated heterocycles. The lowest BCUT2D eigenvalue weighted by Gasteiger charge is -2.34. The van der Waals surface area contributed by atoms with Crippen LogP contribution in [-0.4, -0.2) is 9.55 Å². The highest BCUT2D eigenvalue weighted by Crippen LogP contribution is 2.49. The number of rotatable bonds is 3. The zero-order valence-corrected chi connectivity index (χ0v) is 26.6. The lowest BCUT2D eigenvalue weighted by molar-refractivity contribution is -0.756. The maximum absolute atomic E-state index is 4.93. The highest BCUT2D eigenvalue weighted by molar-refractivity contribution is 6.11. The van der Waals surface area contributed by atoms with Crippen molar-refractivity contribution in [3.63, 3.8) is 0 Å². The molecular formula is C42H38N3+. The minimum absolute atomic E-state index is 0.105. The van der Waals surface area contributed by atoms with Crippen LogP contribution in [0.15, 0.2) is 109 Å². The molecule has 0 aliphatic carbocycles. The van der Waals surface area contributed by atoms with Gasteiger partial charge in [0.1, 0.15) is 5.65 Å². The Balaban J connectivity index is 1.35. The third kappa shape index (κ3) is 3.53. The van der Waals surface area contributed by atoms with E-state index >= 15 is 0 Å². The monoisotopic (exact) mass is 584 g/mol. The lowest BCUT2D eigenvalue weighted by atomic mass is 9.74. The fraction of sp³-hybridized carbons (Fsp3) is 0.238. The van der Waals surface area contributed by atoms with Gasteiger partial charge in [-0.3, -0.25) is 4.57 Å². The molecule has 0 saturated carbocycles. The number of pyridine rings is 2. The van der Waals surface area contributed by atoms with Gasteiger partial charge in [-0.1, -0.05) is 76.2 Å². The molecule has 5 heterocycles. The maximum atomic E-state index is 4.93. The molecule has 0 atom stereocenters. The van der Waals surface area contributed by atoms with Crippen molar-refractivity contribution >= 4 is 32.7 Å². The zero-order valence-electron chi connectivity index (χ0n) is 26.6. The molecule has 4 aromatic carbocycles. The van der Waals surface area contributed by atoms with Gasteiger partial charge < -0.3 is 0 Å². The van der Waals surface area contributed by atoms with Crippen LogP contribution in [-0.2, 0) is 17.4 Å². The van der Waals surface area contributed by atoms with Crippen LogP contribution in [0.4, 0.5) is 0 Å². The average Bonchev–Trinajstić information content (AvgIpc) is 3.34. The normalized spacial score (nSPS) is 15.9. The molecule has 0 N–H and O–H groups in total. The largest absolute Gasteiger partial charge is 0.293 e. The molecular weight excluding hydrogens is 546 g/mol. The third-order valence-electron chi connectivity index (χ3n) is 11.4. The molecule has 2 aliphatic heterocycles. The second-order valence-corrected chi connectivity index (χ2v) is 13.7. The highest BCUT2D eigenvalue weighted by Gasteiger charge is 2.42. The van der Waals surface area contributed by atoms with E-state index in [1.807, 2.05) is 6.20 Å². The van der Waals surface area contributed by atoms with E-state index in [4.69, 9.17) is 4.98 Å². The Morgan fingerprint density at radius 3 is 2.42 bits per heavy atom. The van der Waals surface area contributed by atoms with Gasteiger partial charge in [-0.2, -0.15) is 4.57 Å². The van der Waals surface area contributed by atoms with Gasteiger partial charge >= 0.3 is 0 Å². The lowest BCUT2D eigenvalue weighted by Crippen LogP contribution is -2.56. The van der Waals surface area contributed by atoms with Crippen LogP contribution < -0.4 is 4.57 Å². The minimum atomic E-state index is -0.151. The molecule has 3 nitrogen and oxygen atoms in total. The Labute approximate surface area is 264 Å². The van der Waals surface area contributed by atoms with Crippen LogP contribution >= 0.6 is 0 Å². The van der Waals surface area contributed by atoms with Gasteiger partial charge in [-0.05, 0) is 82.1 Å². The smallest absolute Gasteiger partial charge is 0.221 e. The van der Waals surface area contributed by atoms with E-state index < -0.39 is 0 Å². The second-order valence-electron chi connectivity index (χ2n) is 13.7. The Morgan fingerprint density at radius 1 is 0.756 bits per heavy atom. The van der Waals surface area contributed by atoms with Crippen LogP contribution in [0.5, 0.6) is 0 Å². The summed E-state index contributed by atoms with van der Waals surface area (Å²) in [6.45, 7) is 9.49. The molecule has 0 amide bonds. The summed E-state index contributed by atoms with van der Waals surface area (Å²) in [5.41, 5.74) is 12.9. The quantitative estimate of drug-likeness (QED) is 0.189. The number of fused-ring (bicyclic) bond motifs is 10. The number of para-hydroxylation sites is 1. The summed E-state index contributed by atoms with van der Waals surface area (Å²) < 4.78 is 5.03. The van der Waals surface area contributed by atoms with Crippen LogP contribution in [0.2, 0.25) is 0 Å². The molecule has 3 heteroatoms. The van der Waals surface area contributed by atoms with Gasteiger partial charge in [-0.25, -0.2) is 4.98 Å². The Hall–Kier alpha value is -4.76. The van der Waals surface area contributed by atoms with E-state index in [1.54, 1.807) is 0 Å². The van der Waals surface area contributed by atoms with E-state index in [9.17, 15) is 0 Å². The van der Waals surface area contributed by atoms with Crippen molar-refractivity contribution in [1.82, 2.24) is 9.55 Å². The first-order valence-electron chi connectivity index (χ1n) is 16.6. The predicted octanol–water partition coefficient (Wildman–Crippen LogP) is 10.1. The molecule has 0 unspecified atom stereocenters. The summed E-state index contributed by atoms with van der Waals surface area (Å²) in [7, 11) is 0. The molecule has 3 aromatic heterocycles. The standard InChI is InChI=1S/C42H38N3/c1-5-42(6-2)21-19-28-17-18-29(24-33(28)38-31-13-8-7-12-27(31)20-23-44(38)42)30-25-34-32-14-11-22-43-40(32)45-37-16-10-9-15-35(37)41(3,4)36(26-30)39(34)45/h7-18,20,22-26H,5-6,19,21H2,1-4H3/q+1.